The highest BCUT2D eigenvalue weighted by molar-refractivity contribution is 5.80. The molecular formula is C17H22N2O4. The van der Waals surface area contributed by atoms with Crippen LogP contribution in [-0.4, -0.2) is 23.5 Å². The zero-order valence-electron chi connectivity index (χ0n) is 13.3. The fourth-order valence-corrected chi connectivity index (χ4v) is 2.57. The lowest BCUT2D eigenvalue weighted by atomic mass is 9.97. The molecule has 0 heterocycles. The monoisotopic (exact) mass is 318 g/mol. The quantitative estimate of drug-likeness (QED) is 0.475. The molecule has 1 amide bonds. The van der Waals surface area contributed by atoms with Crippen molar-refractivity contribution in [3.63, 3.8) is 0 Å². The van der Waals surface area contributed by atoms with E-state index in [0.717, 1.165) is 19.3 Å². The Morgan fingerprint density at radius 3 is 2.87 bits per heavy atom. The Hall–Kier alpha value is -2.37. The van der Waals surface area contributed by atoms with E-state index in [9.17, 15) is 14.9 Å². The third kappa shape index (κ3) is 5.09. The minimum absolute atomic E-state index is 0.107. The average Bonchev–Trinajstić information content (AvgIpc) is 2.56. The number of benzene rings is 1. The van der Waals surface area contributed by atoms with Gasteiger partial charge in [0.1, 0.15) is 0 Å². The van der Waals surface area contributed by atoms with E-state index >= 15 is 0 Å². The van der Waals surface area contributed by atoms with E-state index in [1.165, 1.54) is 30.5 Å². The van der Waals surface area contributed by atoms with Crippen LogP contribution in [-0.2, 0) is 4.79 Å². The molecule has 0 saturated heterocycles. The summed E-state index contributed by atoms with van der Waals surface area (Å²) in [5.41, 5.74) is 1.25. The lowest BCUT2D eigenvalue weighted by molar-refractivity contribution is -0.386. The zero-order chi connectivity index (χ0) is 16.7. The summed E-state index contributed by atoms with van der Waals surface area (Å²) in [4.78, 5) is 22.5. The summed E-state index contributed by atoms with van der Waals surface area (Å²) in [5, 5.41) is 13.8. The zero-order valence-corrected chi connectivity index (χ0v) is 13.3. The topological polar surface area (TPSA) is 81.5 Å². The fraction of sp³-hybridized carbons (Fsp3) is 0.471. The molecule has 0 radical (unpaired) electrons. The molecule has 0 unspecified atom stereocenters. The van der Waals surface area contributed by atoms with E-state index < -0.39 is 11.0 Å². The lowest BCUT2D eigenvalue weighted by Crippen LogP contribution is -2.37. The van der Waals surface area contributed by atoms with Gasteiger partial charge in [0.05, 0.1) is 4.92 Å². The van der Waals surface area contributed by atoms with E-state index in [4.69, 9.17) is 4.74 Å². The molecule has 0 spiro atoms. The number of carbonyl (C=O) groups is 1. The maximum Gasteiger partial charge on any atom is 0.310 e. The maximum atomic E-state index is 12.0. The van der Waals surface area contributed by atoms with Gasteiger partial charge in [0.15, 0.2) is 11.9 Å². The highest BCUT2D eigenvalue weighted by Gasteiger charge is 2.20. The number of nitro groups is 1. The first-order chi connectivity index (χ1) is 11.1. The number of carbonyl (C=O) groups excluding carboxylic acids is 1. The lowest BCUT2D eigenvalue weighted by Gasteiger charge is -2.16. The molecule has 1 aromatic carbocycles. The molecule has 0 bridgehead atoms. The average molecular weight is 318 g/mol. The molecule has 6 heteroatoms. The summed E-state index contributed by atoms with van der Waals surface area (Å²) in [5.74, 6) is -0.158. The number of amides is 1. The Morgan fingerprint density at radius 1 is 1.39 bits per heavy atom. The van der Waals surface area contributed by atoms with Crippen LogP contribution in [0, 0.1) is 10.1 Å². The van der Waals surface area contributed by atoms with Crippen LogP contribution in [0.1, 0.15) is 39.0 Å². The number of nitrogens with one attached hydrogen (secondary N) is 1. The van der Waals surface area contributed by atoms with Gasteiger partial charge in [-0.2, -0.15) is 0 Å². The highest BCUT2D eigenvalue weighted by atomic mass is 16.6. The Bertz CT molecular complexity index is 598. The Morgan fingerprint density at radius 2 is 2.17 bits per heavy atom. The molecular weight excluding hydrogens is 296 g/mol. The van der Waals surface area contributed by atoms with Crippen molar-refractivity contribution in [2.45, 2.75) is 45.1 Å². The van der Waals surface area contributed by atoms with Crippen molar-refractivity contribution in [1.82, 2.24) is 5.32 Å². The number of nitrogens with zero attached hydrogens (tertiary/aromatic N) is 1. The molecule has 1 N–H and O–H groups in total. The molecule has 1 aliphatic carbocycles. The van der Waals surface area contributed by atoms with Crippen LogP contribution in [0.25, 0.3) is 0 Å². The van der Waals surface area contributed by atoms with Crippen molar-refractivity contribution in [3.05, 3.63) is 46.0 Å². The van der Waals surface area contributed by atoms with Crippen molar-refractivity contribution in [2.75, 3.05) is 6.54 Å². The first-order valence-electron chi connectivity index (χ1n) is 7.93. The summed E-state index contributed by atoms with van der Waals surface area (Å²) in [6.45, 7) is 2.15. The van der Waals surface area contributed by atoms with Crippen LogP contribution in [0.3, 0.4) is 0 Å². The van der Waals surface area contributed by atoms with Crippen molar-refractivity contribution in [2.24, 2.45) is 0 Å². The van der Waals surface area contributed by atoms with Gasteiger partial charge >= 0.3 is 5.69 Å². The normalized spacial score (nSPS) is 15.4. The van der Waals surface area contributed by atoms with Gasteiger partial charge < -0.3 is 10.1 Å². The van der Waals surface area contributed by atoms with Gasteiger partial charge in [-0.15, -0.1) is 0 Å². The Balaban J connectivity index is 1.83. The molecule has 0 aromatic heterocycles. The first-order valence-corrected chi connectivity index (χ1v) is 7.93. The number of rotatable bonds is 7. The smallest absolute Gasteiger partial charge is 0.310 e. The largest absolute Gasteiger partial charge is 0.474 e. The second-order valence-corrected chi connectivity index (χ2v) is 5.63. The molecule has 0 aliphatic heterocycles. The molecule has 6 nitrogen and oxygen atoms in total. The Labute approximate surface area is 135 Å². The number of nitro benzene ring substituents is 1. The first kappa shape index (κ1) is 17.0. The van der Waals surface area contributed by atoms with Gasteiger partial charge in [-0.1, -0.05) is 23.8 Å². The van der Waals surface area contributed by atoms with Crippen LogP contribution in [0.15, 0.2) is 35.9 Å². The van der Waals surface area contributed by atoms with Gasteiger partial charge in [0.2, 0.25) is 0 Å². The second kappa shape index (κ2) is 8.31. The Kier molecular flexibility index (Phi) is 6.14. The molecule has 1 aromatic rings. The van der Waals surface area contributed by atoms with Gasteiger partial charge in [-0.05, 0) is 45.1 Å². The number of hydrogen-bond donors (Lipinski definition) is 1. The summed E-state index contributed by atoms with van der Waals surface area (Å²) in [6.07, 6.45) is 7.02. The van der Waals surface area contributed by atoms with Crippen molar-refractivity contribution < 1.29 is 14.5 Å². The van der Waals surface area contributed by atoms with Gasteiger partial charge in [-0.3, -0.25) is 14.9 Å². The predicted molar refractivity (Wildman–Crippen MR) is 87.4 cm³/mol. The van der Waals surface area contributed by atoms with E-state index in [1.54, 1.807) is 19.1 Å². The van der Waals surface area contributed by atoms with Crippen LogP contribution in [0.4, 0.5) is 5.69 Å². The van der Waals surface area contributed by atoms with Crippen LogP contribution in [0.5, 0.6) is 5.75 Å². The number of allylic oxidation sites excluding steroid dienone is 1. The molecule has 0 saturated carbocycles. The number of para-hydroxylation sites is 2. The predicted octanol–water partition coefficient (Wildman–Crippen LogP) is 3.37. The van der Waals surface area contributed by atoms with E-state index in [1.807, 2.05) is 0 Å². The van der Waals surface area contributed by atoms with Gasteiger partial charge in [0, 0.05) is 12.6 Å². The van der Waals surface area contributed by atoms with Crippen LogP contribution < -0.4 is 10.1 Å². The van der Waals surface area contributed by atoms with E-state index in [2.05, 4.69) is 11.4 Å². The maximum absolute atomic E-state index is 12.0. The summed E-state index contributed by atoms with van der Waals surface area (Å²) < 4.78 is 5.44. The minimum Gasteiger partial charge on any atom is -0.474 e. The second-order valence-electron chi connectivity index (χ2n) is 5.63. The highest BCUT2D eigenvalue weighted by Crippen LogP contribution is 2.26. The summed E-state index contributed by atoms with van der Waals surface area (Å²) in [7, 11) is 0. The minimum atomic E-state index is -0.781. The van der Waals surface area contributed by atoms with Gasteiger partial charge in [-0.25, -0.2) is 0 Å². The molecule has 1 atom stereocenters. The molecule has 124 valence electrons. The summed E-state index contributed by atoms with van der Waals surface area (Å²) in [6, 6.07) is 6.06. The summed E-state index contributed by atoms with van der Waals surface area (Å²) >= 11 is 0. The van der Waals surface area contributed by atoms with Crippen molar-refractivity contribution >= 4 is 11.6 Å². The molecule has 2 rings (SSSR count). The molecule has 23 heavy (non-hydrogen) atoms. The standard InChI is InChI=1S/C17H22N2O4/c1-13(23-16-10-6-5-9-15(16)19(21)22)17(20)18-12-11-14-7-3-2-4-8-14/h5-7,9-10,13H,2-4,8,11-12H2,1H3,(H,18,20)/t13-/m1/s1. The molecule has 0 fully saturated rings. The van der Waals surface area contributed by atoms with Crippen molar-refractivity contribution in [1.29, 1.82) is 0 Å². The third-order valence-electron chi connectivity index (χ3n) is 3.87. The van der Waals surface area contributed by atoms with Crippen molar-refractivity contribution in [3.8, 4) is 5.75 Å². The van der Waals surface area contributed by atoms with Gasteiger partial charge in [0.25, 0.3) is 5.91 Å². The van der Waals surface area contributed by atoms with E-state index in [0.29, 0.717) is 6.54 Å². The number of ether oxygens (including phenoxy) is 1. The van der Waals surface area contributed by atoms with E-state index in [-0.39, 0.29) is 17.3 Å². The SMILES string of the molecule is C[C@@H](Oc1ccccc1[N+](=O)[O-])C(=O)NCCC1=CCCCC1. The third-order valence-corrected chi connectivity index (χ3v) is 3.87. The number of hydrogen-bond acceptors (Lipinski definition) is 4. The van der Waals surface area contributed by atoms with Crippen LogP contribution >= 0.6 is 0 Å². The fourth-order valence-electron chi connectivity index (χ4n) is 2.57. The van der Waals surface area contributed by atoms with Crippen LogP contribution in [0.2, 0.25) is 0 Å². The molecule has 1 aliphatic rings.